The Morgan fingerprint density at radius 3 is 2.64 bits per heavy atom. The lowest BCUT2D eigenvalue weighted by Crippen LogP contribution is -2.31. The molecule has 6 nitrogen and oxygen atoms in total. The lowest BCUT2D eigenvalue weighted by atomic mass is 10.0. The van der Waals surface area contributed by atoms with E-state index in [-0.39, 0.29) is 24.1 Å². The standard InChI is InChI=1S/C19H22N2O4/c1-13-8-9-15(10-18(13)25-4)11-19(22)20(3)14(2)16-6-5-7-17(12-16)21(23)24/h5-10,12,14H,11H2,1-4H3/t14-/m1/s1. The van der Waals surface area contributed by atoms with Crippen molar-refractivity contribution in [3.63, 3.8) is 0 Å². The number of aryl methyl sites for hydroxylation is 1. The van der Waals surface area contributed by atoms with Gasteiger partial charge in [0, 0.05) is 19.2 Å². The number of nitro groups is 1. The van der Waals surface area contributed by atoms with Gasteiger partial charge in [0.1, 0.15) is 5.75 Å². The summed E-state index contributed by atoms with van der Waals surface area (Å²) >= 11 is 0. The van der Waals surface area contributed by atoms with Crippen molar-refractivity contribution < 1.29 is 14.5 Å². The van der Waals surface area contributed by atoms with Crippen molar-refractivity contribution in [2.45, 2.75) is 26.3 Å². The van der Waals surface area contributed by atoms with Crippen LogP contribution in [0.2, 0.25) is 0 Å². The fourth-order valence-electron chi connectivity index (χ4n) is 2.61. The molecule has 0 saturated carbocycles. The van der Waals surface area contributed by atoms with Crippen LogP contribution in [0.15, 0.2) is 42.5 Å². The van der Waals surface area contributed by atoms with Crippen LogP contribution in [-0.2, 0) is 11.2 Å². The minimum atomic E-state index is -0.434. The van der Waals surface area contributed by atoms with Gasteiger partial charge >= 0.3 is 0 Å². The maximum absolute atomic E-state index is 12.6. The Labute approximate surface area is 147 Å². The molecule has 0 radical (unpaired) electrons. The van der Waals surface area contributed by atoms with Crippen LogP contribution in [0.5, 0.6) is 5.75 Å². The van der Waals surface area contributed by atoms with Crippen LogP contribution in [0.4, 0.5) is 5.69 Å². The largest absolute Gasteiger partial charge is 0.496 e. The van der Waals surface area contributed by atoms with Crippen LogP contribution in [0.25, 0.3) is 0 Å². The van der Waals surface area contributed by atoms with Gasteiger partial charge in [0.15, 0.2) is 0 Å². The van der Waals surface area contributed by atoms with E-state index in [1.807, 2.05) is 32.0 Å². The molecule has 0 heterocycles. The average molecular weight is 342 g/mol. The molecule has 0 fully saturated rings. The maximum atomic E-state index is 12.6. The summed E-state index contributed by atoms with van der Waals surface area (Å²) in [5, 5.41) is 10.9. The Kier molecular flexibility index (Phi) is 5.75. The van der Waals surface area contributed by atoms with E-state index < -0.39 is 4.92 Å². The van der Waals surface area contributed by atoms with E-state index in [0.29, 0.717) is 0 Å². The molecular formula is C19H22N2O4. The zero-order valence-electron chi connectivity index (χ0n) is 14.9. The minimum Gasteiger partial charge on any atom is -0.496 e. The highest BCUT2D eigenvalue weighted by Gasteiger charge is 2.19. The number of ether oxygens (including phenoxy) is 1. The Hall–Kier alpha value is -2.89. The topological polar surface area (TPSA) is 72.7 Å². The molecule has 2 rings (SSSR count). The summed E-state index contributed by atoms with van der Waals surface area (Å²) in [5.41, 5.74) is 2.63. The second-order valence-corrected chi connectivity index (χ2v) is 6.01. The number of benzene rings is 2. The smallest absolute Gasteiger partial charge is 0.269 e. The van der Waals surface area contributed by atoms with Crippen LogP contribution in [-0.4, -0.2) is 29.9 Å². The molecule has 0 unspecified atom stereocenters. The van der Waals surface area contributed by atoms with Crippen molar-refractivity contribution in [2.24, 2.45) is 0 Å². The molecule has 0 aliphatic heterocycles. The zero-order chi connectivity index (χ0) is 18.6. The number of hydrogen-bond acceptors (Lipinski definition) is 4. The first-order valence-electron chi connectivity index (χ1n) is 7.97. The van der Waals surface area contributed by atoms with Gasteiger partial charge < -0.3 is 9.64 Å². The summed E-state index contributed by atoms with van der Waals surface area (Å²) in [5.74, 6) is 0.685. The summed E-state index contributed by atoms with van der Waals surface area (Å²) in [6, 6.07) is 11.8. The van der Waals surface area contributed by atoms with Gasteiger partial charge in [-0.3, -0.25) is 14.9 Å². The number of nitrogens with zero attached hydrogens (tertiary/aromatic N) is 2. The number of amides is 1. The van der Waals surface area contributed by atoms with Crippen LogP contribution in [0.1, 0.15) is 29.7 Å². The fourth-order valence-corrected chi connectivity index (χ4v) is 2.61. The number of hydrogen-bond donors (Lipinski definition) is 0. The van der Waals surface area contributed by atoms with Crippen molar-refractivity contribution in [1.82, 2.24) is 4.90 Å². The predicted molar refractivity (Wildman–Crippen MR) is 95.7 cm³/mol. The number of non-ortho nitro benzene ring substituents is 1. The molecule has 2 aromatic rings. The highest BCUT2D eigenvalue weighted by molar-refractivity contribution is 5.79. The van der Waals surface area contributed by atoms with Crippen molar-refractivity contribution in [3.8, 4) is 5.75 Å². The monoisotopic (exact) mass is 342 g/mol. The molecule has 0 spiro atoms. The summed E-state index contributed by atoms with van der Waals surface area (Å²) in [7, 11) is 3.31. The SMILES string of the molecule is COc1cc(CC(=O)N(C)[C@H](C)c2cccc([N+](=O)[O-])c2)ccc1C. The van der Waals surface area contributed by atoms with Gasteiger partial charge in [-0.1, -0.05) is 24.3 Å². The van der Waals surface area contributed by atoms with E-state index in [1.165, 1.54) is 12.1 Å². The quantitative estimate of drug-likeness (QED) is 0.593. The predicted octanol–water partition coefficient (Wildman–Crippen LogP) is 3.67. The van der Waals surface area contributed by atoms with Gasteiger partial charge in [-0.2, -0.15) is 0 Å². The van der Waals surface area contributed by atoms with Gasteiger partial charge in [-0.15, -0.1) is 0 Å². The number of carbonyl (C=O) groups excluding carboxylic acids is 1. The van der Waals surface area contributed by atoms with E-state index in [0.717, 1.165) is 22.4 Å². The number of carbonyl (C=O) groups is 1. The van der Waals surface area contributed by atoms with E-state index in [2.05, 4.69) is 0 Å². The number of methoxy groups -OCH3 is 1. The minimum absolute atomic E-state index is 0.0217. The van der Waals surface area contributed by atoms with E-state index in [1.54, 1.807) is 31.2 Å². The Morgan fingerprint density at radius 2 is 2.00 bits per heavy atom. The molecule has 1 amide bonds. The lowest BCUT2D eigenvalue weighted by molar-refractivity contribution is -0.384. The number of nitro benzene ring substituents is 1. The Bertz CT molecular complexity index is 789. The second-order valence-electron chi connectivity index (χ2n) is 6.01. The summed E-state index contributed by atoms with van der Waals surface area (Å²) in [4.78, 5) is 24.7. The average Bonchev–Trinajstić information content (AvgIpc) is 2.62. The molecule has 132 valence electrons. The van der Waals surface area contributed by atoms with E-state index in [4.69, 9.17) is 4.74 Å². The molecular weight excluding hydrogens is 320 g/mol. The highest BCUT2D eigenvalue weighted by Crippen LogP contribution is 2.24. The van der Waals surface area contributed by atoms with Crippen molar-refractivity contribution in [1.29, 1.82) is 0 Å². The first-order valence-corrected chi connectivity index (χ1v) is 7.97. The molecule has 0 N–H and O–H groups in total. The van der Waals surface area contributed by atoms with Gasteiger partial charge in [-0.25, -0.2) is 0 Å². The molecule has 25 heavy (non-hydrogen) atoms. The van der Waals surface area contributed by atoms with Crippen LogP contribution in [0, 0.1) is 17.0 Å². The Balaban J connectivity index is 2.13. The van der Waals surface area contributed by atoms with Gasteiger partial charge in [-0.05, 0) is 36.6 Å². The Morgan fingerprint density at radius 1 is 1.28 bits per heavy atom. The first kappa shape index (κ1) is 18.4. The van der Waals surface area contributed by atoms with Gasteiger partial charge in [0.2, 0.25) is 5.91 Å². The second kappa shape index (κ2) is 7.79. The van der Waals surface area contributed by atoms with Crippen LogP contribution < -0.4 is 4.74 Å². The molecule has 0 aromatic heterocycles. The number of likely N-dealkylation sites (N-methyl/N-ethyl adjacent to an activating group) is 1. The summed E-state index contributed by atoms with van der Waals surface area (Å²) < 4.78 is 5.29. The fraction of sp³-hybridized carbons (Fsp3) is 0.316. The molecule has 1 atom stereocenters. The number of rotatable bonds is 6. The maximum Gasteiger partial charge on any atom is 0.269 e. The van der Waals surface area contributed by atoms with Crippen molar-refractivity contribution in [2.75, 3.05) is 14.2 Å². The van der Waals surface area contributed by atoms with Gasteiger partial charge in [0.25, 0.3) is 5.69 Å². The van der Waals surface area contributed by atoms with Crippen molar-refractivity contribution in [3.05, 3.63) is 69.3 Å². The molecule has 0 bridgehead atoms. The van der Waals surface area contributed by atoms with E-state index >= 15 is 0 Å². The van der Waals surface area contributed by atoms with Crippen molar-refractivity contribution >= 4 is 11.6 Å². The van der Waals surface area contributed by atoms with Crippen LogP contribution >= 0.6 is 0 Å². The van der Waals surface area contributed by atoms with E-state index in [9.17, 15) is 14.9 Å². The molecule has 0 aliphatic rings. The van der Waals surface area contributed by atoms with Gasteiger partial charge in [0.05, 0.1) is 24.5 Å². The third kappa shape index (κ3) is 4.35. The normalized spacial score (nSPS) is 11.7. The zero-order valence-corrected chi connectivity index (χ0v) is 14.9. The lowest BCUT2D eigenvalue weighted by Gasteiger charge is -2.25. The molecule has 2 aromatic carbocycles. The third-order valence-corrected chi connectivity index (χ3v) is 4.37. The molecule has 6 heteroatoms. The molecule has 0 aliphatic carbocycles. The third-order valence-electron chi connectivity index (χ3n) is 4.37. The molecule has 0 saturated heterocycles. The first-order chi connectivity index (χ1) is 11.8. The highest BCUT2D eigenvalue weighted by atomic mass is 16.6. The summed E-state index contributed by atoms with van der Waals surface area (Å²) in [6.45, 7) is 3.80. The van der Waals surface area contributed by atoms with Crippen LogP contribution in [0.3, 0.4) is 0 Å². The summed E-state index contributed by atoms with van der Waals surface area (Å²) in [6.07, 6.45) is 0.242.